The van der Waals surface area contributed by atoms with Gasteiger partial charge in [0.05, 0.1) is 16.2 Å². The highest BCUT2D eigenvalue weighted by molar-refractivity contribution is 7.90. The van der Waals surface area contributed by atoms with Gasteiger partial charge in [-0.05, 0) is 36.8 Å². The molecule has 7 heteroatoms. The highest BCUT2D eigenvalue weighted by Gasteiger charge is 2.30. The second-order valence-electron chi connectivity index (χ2n) is 4.54. The number of alkyl halides is 3. The van der Waals surface area contributed by atoms with Crippen molar-refractivity contribution in [1.82, 2.24) is 0 Å². The predicted octanol–water partition coefficient (Wildman–Crippen LogP) is 3.90. The van der Waals surface area contributed by atoms with Crippen LogP contribution in [0.4, 0.5) is 13.2 Å². The fourth-order valence-corrected chi connectivity index (χ4v) is 2.83. The van der Waals surface area contributed by atoms with Crippen molar-refractivity contribution < 1.29 is 21.6 Å². The van der Waals surface area contributed by atoms with Crippen LogP contribution in [0.2, 0.25) is 0 Å². The summed E-state index contributed by atoms with van der Waals surface area (Å²) >= 11 is 0. The smallest absolute Gasteiger partial charge is 0.199 e. The minimum Gasteiger partial charge on any atom is -0.199 e. The Bertz CT molecular complexity index is 780. The summed E-state index contributed by atoms with van der Waals surface area (Å²) in [7, 11) is -4.05. The first-order valence-electron chi connectivity index (χ1n) is 6.24. The number of halogens is 3. The van der Waals surface area contributed by atoms with Crippen LogP contribution in [-0.4, -0.2) is 14.1 Å². The van der Waals surface area contributed by atoms with Crippen molar-refractivity contribution in [3.8, 4) is 0 Å². The molecule has 0 fully saturated rings. The van der Waals surface area contributed by atoms with Gasteiger partial charge in [-0.15, -0.1) is 0 Å². The van der Waals surface area contributed by atoms with Crippen LogP contribution in [0.3, 0.4) is 0 Å². The zero-order valence-electron chi connectivity index (χ0n) is 11.5. The van der Waals surface area contributed by atoms with Gasteiger partial charge in [-0.1, -0.05) is 30.3 Å². The number of nitrogens with zero attached hydrogens (tertiary/aromatic N) is 1. The molecule has 2 aromatic carbocycles. The minimum atomic E-state index is -4.51. The molecule has 116 valence electrons. The van der Waals surface area contributed by atoms with E-state index in [9.17, 15) is 21.6 Å². The highest BCUT2D eigenvalue weighted by Crippen LogP contribution is 2.30. The molecule has 2 rings (SSSR count). The van der Waals surface area contributed by atoms with Crippen molar-refractivity contribution in [2.45, 2.75) is 18.0 Å². The molecule has 0 aliphatic rings. The van der Waals surface area contributed by atoms with Gasteiger partial charge >= 0.3 is 6.18 Å². The van der Waals surface area contributed by atoms with Gasteiger partial charge in [-0.2, -0.15) is 26.0 Å². The van der Waals surface area contributed by atoms with Crippen LogP contribution in [0, 0.1) is 0 Å². The third-order valence-electron chi connectivity index (χ3n) is 2.93. The number of rotatable bonds is 3. The lowest BCUT2D eigenvalue weighted by molar-refractivity contribution is -0.137. The van der Waals surface area contributed by atoms with E-state index in [1.165, 1.54) is 6.92 Å². The molecule has 0 N–H and O–H groups in total. The van der Waals surface area contributed by atoms with Gasteiger partial charge < -0.3 is 0 Å². The molecule has 2 aromatic rings. The van der Waals surface area contributed by atoms with E-state index in [-0.39, 0.29) is 10.6 Å². The SMILES string of the molecule is C/C(=N\S(=O)(=O)c1ccc(C(F)(F)F)cc1)c1ccccc1. The average Bonchev–Trinajstić information content (AvgIpc) is 2.47. The van der Waals surface area contributed by atoms with Gasteiger partial charge in [-0.25, -0.2) is 0 Å². The maximum Gasteiger partial charge on any atom is 0.416 e. The maximum atomic E-state index is 12.5. The first-order chi connectivity index (χ1) is 10.2. The lowest BCUT2D eigenvalue weighted by Crippen LogP contribution is -2.06. The Morgan fingerprint density at radius 1 is 0.955 bits per heavy atom. The van der Waals surface area contributed by atoms with Crippen LogP contribution in [-0.2, 0) is 16.2 Å². The van der Waals surface area contributed by atoms with Gasteiger partial charge in [0.2, 0.25) is 0 Å². The third-order valence-corrected chi connectivity index (χ3v) is 4.31. The van der Waals surface area contributed by atoms with E-state index in [0.29, 0.717) is 5.56 Å². The van der Waals surface area contributed by atoms with Gasteiger partial charge in [0.1, 0.15) is 0 Å². The molecule has 0 heterocycles. The summed E-state index contributed by atoms with van der Waals surface area (Å²) in [6.45, 7) is 1.52. The lowest BCUT2D eigenvalue weighted by atomic mass is 10.1. The quantitative estimate of drug-likeness (QED) is 0.803. The average molecular weight is 327 g/mol. The topological polar surface area (TPSA) is 46.5 Å². The Morgan fingerprint density at radius 3 is 2.00 bits per heavy atom. The maximum absolute atomic E-state index is 12.5. The molecule has 3 nitrogen and oxygen atoms in total. The highest BCUT2D eigenvalue weighted by atomic mass is 32.2. The van der Waals surface area contributed by atoms with Crippen LogP contribution < -0.4 is 0 Å². The van der Waals surface area contributed by atoms with Crippen molar-refractivity contribution in [1.29, 1.82) is 0 Å². The lowest BCUT2D eigenvalue weighted by Gasteiger charge is -2.07. The molecule has 0 atom stereocenters. The Morgan fingerprint density at radius 2 is 1.50 bits per heavy atom. The standard InChI is InChI=1S/C15H12F3NO2S/c1-11(12-5-3-2-4-6-12)19-22(20,21)14-9-7-13(8-10-14)15(16,17)18/h2-10H,1H3/b19-11+. The van der Waals surface area contributed by atoms with E-state index in [4.69, 9.17) is 0 Å². The van der Waals surface area contributed by atoms with Crippen molar-refractivity contribution in [3.05, 3.63) is 65.7 Å². The minimum absolute atomic E-state index is 0.264. The fourth-order valence-electron chi connectivity index (χ4n) is 1.78. The Labute approximate surface area is 126 Å². The van der Waals surface area contributed by atoms with Gasteiger partial charge in [0.15, 0.2) is 0 Å². The summed E-state index contributed by atoms with van der Waals surface area (Å²) in [4.78, 5) is -0.282. The van der Waals surface area contributed by atoms with Gasteiger partial charge in [-0.3, -0.25) is 0 Å². The molecular formula is C15H12F3NO2S. The Hall–Kier alpha value is -2.15. The largest absolute Gasteiger partial charge is 0.416 e. The predicted molar refractivity (Wildman–Crippen MR) is 77.3 cm³/mol. The molecule has 0 radical (unpaired) electrons. The van der Waals surface area contributed by atoms with Gasteiger partial charge in [0.25, 0.3) is 10.0 Å². The molecule has 0 amide bonds. The van der Waals surface area contributed by atoms with Crippen molar-refractivity contribution >= 4 is 15.7 Å². The fraction of sp³-hybridized carbons (Fsp3) is 0.133. The van der Waals surface area contributed by atoms with Crippen molar-refractivity contribution in [3.63, 3.8) is 0 Å². The Kier molecular flexibility index (Phi) is 4.37. The molecule has 0 bridgehead atoms. The van der Waals surface area contributed by atoms with E-state index in [0.717, 1.165) is 24.3 Å². The number of hydrogen-bond acceptors (Lipinski definition) is 2. The number of benzene rings is 2. The molecule has 0 saturated heterocycles. The third kappa shape index (κ3) is 3.73. The van der Waals surface area contributed by atoms with E-state index in [1.807, 2.05) is 0 Å². The van der Waals surface area contributed by atoms with Crippen LogP contribution in [0.25, 0.3) is 0 Å². The summed E-state index contributed by atoms with van der Waals surface area (Å²) in [5.74, 6) is 0. The second kappa shape index (κ2) is 5.92. The summed E-state index contributed by atoms with van der Waals surface area (Å²) < 4.78 is 65.3. The second-order valence-corrected chi connectivity index (χ2v) is 6.14. The van der Waals surface area contributed by atoms with Gasteiger partial charge in [0, 0.05) is 0 Å². The molecule has 0 aliphatic heterocycles. The molecule has 0 saturated carbocycles. The van der Waals surface area contributed by atoms with Crippen LogP contribution in [0.1, 0.15) is 18.1 Å². The molecular weight excluding hydrogens is 315 g/mol. The van der Waals surface area contributed by atoms with Crippen LogP contribution in [0.15, 0.2) is 63.9 Å². The number of sulfonamides is 1. The van der Waals surface area contributed by atoms with E-state index in [1.54, 1.807) is 30.3 Å². The summed E-state index contributed by atoms with van der Waals surface area (Å²) in [5.41, 5.74) is -0.0197. The van der Waals surface area contributed by atoms with E-state index >= 15 is 0 Å². The summed E-state index contributed by atoms with van der Waals surface area (Å²) in [5, 5.41) is 0. The van der Waals surface area contributed by atoms with Crippen molar-refractivity contribution in [2.75, 3.05) is 0 Å². The first kappa shape index (κ1) is 16.2. The Balaban J connectivity index is 2.35. The summed E-state index contributed by atoms with van der Waals surface area (Å²) in [6, 6.07) is 11.9. The molecule has 0 aromatic heterocycles. The normalized spacial score (nSPS) is 13.2. The zero-order valence-corrected chi connectivity index (χ0v) is 12.3. The molecule has 0 aliphatic carbocycles. The van der Waals surface area contributed by atoms with Crippen LogP contribution >= 0.6 is 0 Å². The zero-order chi connectivity index (χ0) is 16.4. The first-order valence-corrected chi connectivity index (χ1v) is 7.68. The molecule has 0 spiro atoms. The monoisotopic (exact) mass is 327 g/mol. The van der Waals surface area contributed by atoms with Crippen molar-refractivity contribution in [2.24, 2.45) is 4.40 Å². The summed E-state index contributed by atoms with van der Waals surface area (Å²) in [6.07, 6.45) is -4.51. The van der Waals surface area contributed by atoms with E-state index in [2.05, 4.69) is 4.40 Å². The number of hydrogen-bond donors (Lipinski definition) is 0. The molecule has 22 heavy (non-hydrogen) atoms. The van der Waals surface area contributed by atoms with Crippen LogP contribution in [0.5, 0.6) is 0 Å². The molecule has 0 unspecified atom stereocenters. The van der Waals surface area contributed by atoms with E-state index < -0.39 is 21.8 Å².